The van der Waals surface area contributed by atoms with Gasteiger partial charge in [-0.25, -0.2) is 0 Å². The molecule has 3 heteroatoms. The van der Waals surface area contributed by atoms with Crippen LogP contribution in [0.15, 0.2) is 29.6 Å². The summed E-state index contributed by atoms with van der Waals surface area (Å²) in [6, 6.07) is 9.33. The number of rotatable bonds is 2. The molecule has 1 aromatic heterocycles. The molecule has 1 N–H and O–H groups in total. The molecule has 3 rings (SSSR count). The highest BCUT2D eigenvalue weighted by Gasteiger charge is 2.16. The van der Waals surface area contributed by atoms with Crippen molar-refractivity contribution in [2.24, 2.45) is 0 Å². The van der Waals surface area contributed by atoms with Gasteiger partial charge in [0, 0.05) is 36.9 Å². The van der Waals surface area contributed by atoms with Gasteiger partial charge >= 0.3 is 0 Å². The lowest BCUT2D eigenvalue weighted by atomic mass is 10.1. The van der Waals surface area contributed by atoms with E-state index in [9.17, 15) is 0 Å². The summed E-state index contributed by atoms with van der Waals surface area (Å²) >= 11 is 1.86. The molecule has 0 amide bonds. The zero-order chi connectivity index (χ0) is 11.7. The van der Waals surface area contributed by atoms with E-state index in [1.54, 1.807) is 0 Å². The first-order valence-electron chi connectivity index (χ1n) is 6.24. The number of nitrogens with one attached hydrogen (secondary N) is 1. The fraction of sp³-hybridized carbons (Fsp3) is 0.429. The SMILES string of the molecule is C[C@@H]1CN(Cc2csc3ccccc23)CCN1. The van der Waals surface area contributed by atoms with Crippen LogP contribution in [0.1, 0.15) is 12.5 Å². The Balaban J connectivity index is 1.80. The van der Waals surface area contributed by atoms with Gasteiger partial charge in [-0.1, -0.05) is 18.2 Å². The van der Waals surface area contributed by atoms with E-state index >= 15 is 0 Å². The molecule has 0 unspecified atom stereocenters. The van der Waals surface area contributed by atoms with E-state index in [-0.39, 0.29) is 0 Å². The van der Waals surface area contributed by atoms with E-state index in [1.165, 1.54) is 15.6 Å². The molecule has 0 aliphatic carbocycles. The molecule has 2 heterocycles. The lowest BCUT2D eigenvalue weighted by molar-refractivity contribution is 0.200. The maximum Gasteiger partial charge on any atom is 0.0346 e. The summed E-state index contributed by atoms with van der Waals surface area (Å²) in [4.78, 5) is 2.55. The fourth-order valence-electron chi connectivity index (χ4n) is 2.55. The minimum absolute atomic E-state index is 0.619. The van der Waals surface area contributed by atoms with Gasteiger partial charge in [0.15, 0.2) is 0 Å². The Morgan fingerprint density at radius 3 is 3.18 bits per heavy atom. The molecule has 1 aromatic carbocycles. The number of hydrogen-bond donors (Lipinski definition) is 1. The molecule has 0 spiro atoms. The molecule has 1 saturated heterocycles. The van der Waals surface area contributed by atoms with Gasteiger partial charge in [0.2, 0.25) is 0 Å². The van der Waals surface area contributed by atoms with Gasteiger partial charge in [0.1, 0.15) is 0 Å². The zero-order valence-electron chi connectivity index (χ0n) is 10.1. The van der Waals surface area contributed by atoms with Crippen LogP contribution in [0.25, 0.3) is 10.1 Å². The monoisotopic (exact) mass is 246 g/mol. The average Bonchev–Trinajstić information content (AvgIpc) is 2.73. The lowest BCUT2D eigenvalue weighted by Crippen LogP contribution is -2.48. The van der Waals surface area contributed by atoms with Crippen molar-refractivity contribution in [2.75, 3.05) is 19.6 Å². The molecule has 2 aromatic rings. The van der Waals surface area contributed by atoms with Crippen LogP contribution in [0.4, 0.5) is 0 Å². The molecule has 1 fully saturated rings. The smallest absolute Gasteiger partial charge is 0.0346 e. The van der Waals surface area contributed by atoms with Crippen molar-refractivity contribution in [3.63, 3.8) is 0 Å². The van der Waals surface area contributed by atoms with E-state index in [2.05, 4.69) is 46.8 Å². The summed E-state index contributed by atoms with van der Waals surface area (Å²) in [6.07, 6.45) is 0. The van der Waals surface area contributed by atoms with Crippen molar-refractivity contribution in [3.05, 3.63) is 35.2 Å². The third-order valence-corrected chi connectivity index (χ3v) is 4.42. The Hall–Kier alpha value is -0.900. The summed E-state index contributed by atoms with van der Waals surface area (Å²) < 4.78 is 1.41. The maximum atomic E-state index is 3.49. The second-order valence-corrected chi connectivity index (χ2v) is 5.76. The van der Waals surface area contributed by atoms with Crippen molar-refractivity contribution >= 4 is 21.4 Å². The maximum absolute atomic E-state index is 3.49. The normalized spacial score (nSPS) is 22.1. The molecule has 0 bridgehead atoms. The van der Waals surface area contributed by atoms with E-state index < -0.39 is 0 Å². The Morgan fingerprint density at radius 1 is 1.41 bits per heavy atom. The van der Waals surface area contributed by atoms with Crippen LogP contribution in [0.2, 0.25) is 0 Å². The number of fused-ring (bicyclic) bond motifs is 1. The molecule has 1 aliphatic rings. The number of benzene rings is 1. The third-order valence-electron chi connectivity index (χ3n) is 3.41. The van der Waals surface area contributed by atoms with E-state index in [1.807, 2.05) is 11.3 Å². The number of thiophene rings is 1. The lowest BCUT2D eigenvalue weighted by Gasteiger charge is -2.31. The number of hydrogen-bond acceptors (Lipinski definition) is 3. The quantitative estimate of drug-likeness (QED) is 0.876. The van der Waals surface area contributed by atoms with Crippen molar-refractivity contribution in [1.82, 2.24) is 10.2 Å². The minimum atomic E-state index is 0.619. The van der Waals surface area contributed by atoms with Crippen molar-refractivity contribution in [2.45, 2.75) is 19.5 Å². The van der Waals surface area contributed by atoms with Crippen LogP contribution < -0.4 is 5.32 Å². The van der Waals surface area contributed by atoms with Crippen LogP contribution in [0.5, 0.6) is 0 Å². The topological polar surface area (TPSA) is 15.3 Å². The van der Waals surface area contributed by atoms with Crippen LogP contribution in [-0.2, 0) is 6.54 Å². The summed E-state index contributed by atoms with van der Waals surface area (Å²) in [5.74, 6) is 0. The zero-order valence-corrected chi connectivity index (χ0v) is 11.0. The first-order chi connectivity index (χ1) is 8.33. The standard InChI is InChI=1S/C14H18N2S/c1-11-8-16(7-6-15-11)9-12-10-17-14-5-3-2-4-13(12)14/h2-5,10-11,15H,6-9H2,1H3/t11-/m1/s1. The molecule has 1 aliphatic heterocycles. The van der Waals surface area contributed by atoms with Gasteiger partial charge in [-0.2, -0.15) is 0 Å². The molecule has 17 heavy (non-hydrogen) atoms. The first kappa shape index (κ1) is 11.2. The summed E-state index contributed by atoms with van der Waals surface area (Å²) in [5, 5.41) is 7.24. The van der Waals surface area contributed by atoms with Crippen molar-refractivity contribution in [1.29, 1.82) is 0 Å². The Labute approximate surface area is 106 Å². The number of nitrogens with zero attached hydrogens (tertiary/aromatic N) is 1. The summed E-state index contributed by atoms with van der Waals surface area (Å²) in [5.41, 5.74) is 1.49. The largest absolute Gasteiger partial charge is 0.312 e. The number of piperazine rings is 1. The highest BCUT2D eigenvalue weighted by atomic mass is 32.1. The Kier molecular flexibility index (Phi) is 3.14. The average molecular weight is 246 g/mol. The predicted octanol–water partition coefficient (Wildman–Crippen LogP) is 2.70. The van der Waals surface area contributed by atoms with Gasteiger partial charge in [0.25, 0.3) is 0 Å². The van der Waals surface area contributed by atoms with Gasteiger partial charge in [-0.15, -0.1) is 11.3 Å². The first-order valence-corrected chi connectivity index (χ1v) is 7.12. The predicted molar refractivity (Wildman–Crippen MR) is 74.6 cm³/mol. The second kappa shape index (κ2) is 4.77. The summed E-state index contributed by atoms with van der Waals surface area (Å²) in [6.45, 7) is 6.79. The Morgan fingerprint density at radius 2 is 2.29 bits per heavy atom. The van der Waals surface area contributed by atoms with E-state index in [0.717, 1.165) is 26.2 Å². The highest BCUT2D eigenvalue weighted by molar-refractivity contribution is 7.17. The van der Waals surface area contributed by atoms with Gasteiger partial charge in [0.05, 0.1) is 0 Å². The molecular formula is C14H18N2S. The molecule has 0 saturated carbocycles. The molecule has 1 atom stereocenters. The van der Waals surface area contributed by atoms with Crippen molar-refractivity contribution < 1.29 is 0 Å². The van der Waals surface area contributed by atoms with Crippen LogP contribution in [-0.4, -0.2) is 30.6 Å². The van der Waals surface area contributed by atoms with Gasteiger partial charge in [-0.3, -0.25) is 4.90 Å². The van der Waals surface area contributed by atoms with Gasteiger partial charge in [-0.05, 0) is 29.3 Å². The third kappa shape index (κ3) is 2.37. The molecule has 90 valence electrons. The highest BCUT2D eigenvalue weighted by Crippen LogP contribution is 2.26. The molecule has 0 radical (unpaired) electrons. The molecular weight excluding hydrogens is 228 g/mol. The van der Waals surface area contributed by atoms with Gasteiger partial charge < -0.3 is 5.32 Å². The summed E-state index contributed by atoms with van der Waals surface area (Å²) in [7, 11) is 0. The van der Waals surface area contributed by atoms with E-state index in [0.29, 0.717) is 6.04 Å². The van der Waals surface area contributed by atoms with E-state index in [4.69, 9.17) is 0 Å². The minimum Gasteiger partial charge on any atom is -0.312 e. The fourth-order valence-corrected chi connectivity index (χ4v) is 3.51. The van der Waals surface area contributed by atoms with Crippen LogP contribution in [0.3, 0.4) is 0 Å². The second-order valence-electron chi connectivity index (χ2n) is 4.85. The Bertz CT molecular complexity index is 506. The van der Waals surface area contributed by atoms with Crippen LogP contribution in [0, 0.1) is 0 Å². The van der Waals surface area contributed by atoms with Crippen molar-refractivity contribution in [3.8, 4) is 0 Å². The molecule has 2 nitrogen and oxygen atoms in total. The van der Waals surface area contributed by atoms with Crippen LogP contribution >= 0.6 is 11.3 Å².